The van der Waals surface area contributed by atoms with Crippen LogP contribution >= 0.6 is 0 Å². The summed E-state index contributed by atoms with van der Waals surface area (Å²) >= 11 is 0. The molecule has 1 atom stereocenters. The maximum absolute atomic E-state index is 11.7. The van der Waals surface area contributed by atoms with Crippen LogP contribution in [0.2, 0.25) is 0 Å². The van der Waals surface area contributed by atoms with Gasteiger partial charge in [-0.25, -0.2) is 8.42 Å². The molecule has 4 nitrogen and oxygen atoms in total. The summed E-state index contributed by atoms with van der Waals surface area (Å²) in [6.07, 6.45) is 2.93. The fourth-order valence-electron chi connectivity index (χ4n) is 1.73. The summed E-state index contributed by atoms with van der Waals surface area (Å²) in [5.41, 5.74) is 0. The van der Waals surface area contributed by atoms with Gasteiger partial charge >= 0.3 is 0 Å². The summed E-state index contributed by atoms with van der Waals surface area (Å²) in [6, 6.07) is 0.151. The molecule has 1 fully saturated rings. The number of sulfone groups is 1. The van der Waals surface area contributed by atoms with Gasteiger partial charge in [-0.3, -0.25) is 0 Å². The van der Waals surface area contributed by atoms with E-state index in [9.17, 15) is 8.42 Å². The molecule has 1 aliphatic rings. The van der Waals surface area contributed by atoms with E-state index in [-0.39, 0.29) is 17.5 Å². The van der Waals surface area contributed by atoms with E-state index >= 15 is 0 Å². The van der Waals surface area contributed by atoms with Gasteiger partial charge in [-0.05, 0) is 32.2 Å². The number of ether oxygens (including phenoxy) is 1. The highest BCUT2D eigenvalue weighted by atomic mass is 32.2. The molecule has 5 heteroatoms. The molecule has 15 heavy (non-hydrogen) atoms. The third-order valence-electron chi connectivity index (χ3n) is 2.80. The Hall–Kier alpha value is -0.130. The molecule has 0 saturated heterocycles. The number of rotatable bonds is 8. The van der Waals surface area contributed by atoms with E-state index in [0.29, 0.717) is 18.9 Å². The second-order valence-corrected chi connectivity index (χ2v) is 6.42. The molecule has 1 saturated carbocycles. The van der Waals surface area contributed by atoms with Gasteiger partial charge in [0.25, 0.3) is 0 Å². The fraction of sp³-hybridized carbons (Fsp3) is 1.00. The third-order valence-corrected chi connectivity index (χ3v) is 4.58. The van der Waals surface area contributed by atoms with E-state index in [4.69, 9.17) is 4.74 Å². The molecule has 1 aliphatic carbocycles. The summed E-state index contributed by atoms with van der Waals surface area (Å²) in [7, 11) is 0.519. The van der Waals surface area contributed by atoms with E-state index in [0.717, 1.165) is 0 Å². The second-order valence-electron chi connectivity index (χ2n) is 4.19. The van der Waals surface area contributed by atoms with E-state index < -0.39 is 9.84 Å². The van der Waals surface area contributed by atoms with Crippen molar-refractivity contribution in [1.82, 2.24) is 5.32 Å². The van der Waals surface area contributed by atoms with Crippen molar-refractivity contribution in [1.29, 1.82) is 0 Å². The van der Waals surface area contributed by atoms with Crippen molar-refractivity contribution in [3.8, 4) is 0 Å². The molecule has 0 aromatic heterocycles. The lowest BCUT2D eigenvalue weighted by Gasteiger charge is -2.15. The highest BCUT2D eigenvalue weighted by Gasteiger charge is 2.32. The van der Waals surface area contributed by atoms with Gasteiger partial charge in [-0.1, -0.05) is 0 Å². The molecule has 0 radical (unpaired) electrons. The first-order valence-corrected chi connectivity index (χ1v) is 7.28. The maximum atomic E-state index is 11.7. The standard InChI is InChI=1S/C10H21NO3S/c1-11-10(9-4-5-9)8-15(12,13)7-3-6-14-2/h9-11H,3-8H2,1-2H3. The Morgan fingerprint density at radius 1 is 1.47 bits per heavy atom. The highest BCUT2D eigenvalue weighted by Crippen LogP contribution is 2.33. The zero-order valence-electron chi connectivity index (χ0n) is 9.53. The third kappa shape index (κ3) is 4.95. The van der Waals surface area contributed by atoms with E-state index in [1.807, 2.05) is 7.05 Å². The Morgan fingerprint density at radius 2 is 2.13 bits per heavy atom. The lowest BCUT2D eigenvalue weighted by Crippen LogP contribution is -2.35. The Labute approximate surface area is 92.3 Å². The predicted octanol–water partition coefficient (Wildman–Crippen LogP) is 0.436. The molecule has 0 spiro atoms. The molecule has 1 rings (SSSR count). The van der Waals surface area contributed by atoms with Crippen LogP contribution in [0, 0.1) is 5.92 Å². The first kappa shape index (κ1) is 12.9. The summed E-state index contributed by atoms with van der Waals surface area (Å²) in [6.45, 7) is 0.521. The van der Waals surface area contributed by atoms with Crippen molar-refractivity contribution in [2.45, 2.75) is 25.3 Å². The Morgan fingerprint density at radius 3 is 2.60 bits per heavy atom. The molecule has 0 heterocycles. The van der Waals surface area contributed by atoms with E-state index in [1.54, 1.807) is 7.11 Å². The van der Waals surface area contributed by atoms with Crippen LogP contribution in [-0.2, 0) is 14.6 Å². The minimum atomic E-state index is -2.91. The van der Waals surface area contributed by atoms with Crippen molar-refractivity contribution in [2.24, 2.45) is 5.92 Å². The van der Waals surface area contributed by atoms with Crippen LogP contribution in [0.4, 0.5) is 0 Å². The largest absolute Gasteiger partial charge is 0.385 e. The van der Waals surface area contributed by atoms with Crippen molar-refractivity contribution < 1.29 is 13.2 Å². The molecule has 1 unspecified atom stereocenters. The van der Waals surface area contributed by atoms with Gasteiger partial charge < -0.3 is 10.1 Å². The Bertz CT molecular complexity index is 272. The van der Waals surface area contributed by atoms with Gasteiger partial charge in [-0.15, -0.1) is 0 Å². The topological polar surface area (TPSA) is 55.4 Å². The fourth-order valence-corrected chi connectivity index (χ4v) is 3.44. The smallest absolute Gasteiger partial charge is 0.151 e. The van der Waals surface area contributed by atoms with Gasteiger partial charge in [0.05, 0.1) is 11.5 Å². The normalized spacial score (nSPS) is 19.1. The lowest BCUT2D eigenvalue weighted by molar-refractivity contribution is 0.199. The molecule has 0 aromatic carbocycles. The Kier molecular flexibility index (Phi) is 5.02. The van der Waals surface area contributed by atoms with Crippen molar-refractivity contribution in [2.75, 3.05) is 32.3 Å². The Balaban J connectivity index is 2.33. The summed E-state index contributed by atoms with van der Waals surface area (Å²) < 4.78 is 28.3. The first-order chi connectivity index (χ1) is 7.09. The summed E-state index contributed by atoms with van der Waals surface area (Å²) in [5.74, 6) is 1.09. The molecular formula is C10H21NO3S. The number of nitrogens with one attached hydrogen (secondary N) is 1. The van der Waals surface area contributed by atoms with Crippen molar-refractivity contribution >= 4 is 9.84 Å². The van der Waals surface area contributed by atoms with Crippen LogP contribution in [0.5, 0.6) is 0 Å². The molecule has 0 amide bonds. The molecule has 0 bridgehead atoms. The van der Waals surface area contributed by atoms with Crippen LogP contribution in [0.1, 0.15) is 19.3 Å². The summed E-state index contributed by atoms with van der Waals surface area (Å²) in [4.78, 5) is 0. The zero-order chi connectivity index (χ0) is 11.3. The number of hydrogen-bond donors (Lipinski definition) is 1. The first-order valence-electron chi connectivity index (χ1n) is 5.45. The number of hydrogen-bond acceptors (Lipinski definition) is 4. The van der Waals surface area contributed by atoms with Gasteiger partial charge in [0, 0.05) is 19.8 Å². The van der Waals surface area contributed by atoms with Crippen LogP contribution in [0.3, 0.4) is 0 Å². The predicted molar refractivity (Wildman–Crippen MR) is 60.7 cm³/mol. The van der Waals surface area contributed by atoms with E-state index in [1.165, 1.54) is 12.8 Å². The van der Waals surface area contributed by atoms with E-state index in [2.05, 4.69) is 5.32 Å². The molecular weight excluding hydrogens is 214 g/mol. The van der Waals surface area contributed by atoms with Crippen LogP contribution < -0.4 is 5.32 Å². The average Bonchev–Trinajstić information content (AvgIpc) is 2.98. The van der Waals surface area contributed by atoms with Crippen molar-refractivity contribution in [3.63, 3.8) is 0 Å². The monoisotopic (exact) mass is 235 g/mol. The lowest BCUT2D eigenvalue weighted by atomic mass is 10.2. The van der Waals surface area contributed by atoms with Crippen LogP contribution in [-0.4, -0.2) is 46.7 Å². The molecule has 0 aliphatic heterocycles. The molecule has 90 valence electrons. The molecule has 0 aromatic rings. The highest BCUT2D eigenvalue weighted by molar-refractivity contribution is 7.91. The van der Waals surface area contributed by atoms with Gasteiger partial charge in [0.1, 0.15) is 0 Å². The minimum absolute atomic E-state index is 0.151. The molecule has 1 N–H and O–H groups in total. The van der Waals surface area contributed by atoms with Gasteiger partial charge in [0.15, 0.2) is 9.84 Å². The zero-order valence-corrected chi connectivity index (χ0v) is 10.3. The van der Waals surface area contributed by atoms with Crippen LogP contribution in [0.25, 0.3) is 0 Å². The van der Waals surface area contributed by atoms with Crippen LogP contribution in [0.15, 0.2) is 0 Å². The SMILES string of the molecule is CNC(CS(=O)(=O)CCCOC)C1CC1. The second kappa shape index (κ2) is 5.82. The van der Waals surface area contributed by atoms with Crippen molar-refractivity contribution in [3.05, 3.63) is 0 Å². The minimum Gasteiger partial charge on any atom is -0.385 e. The number of methoxy groups -OCH3 is 1. The maximum Gasteiger partial charge on any atom is 0.151 e. The summed E-state index contributed by atoms with van der Waals surface area (Å²) in [5, 5.41) is 3.10. The average molecular weight is 235 g/mol. The van der Waals surface area contributed by atoms with Gasteiger partial charge in [0.2, 0.25) is 0 Å². The van der Waals surface area contributed by atoms with Gasteiger partial charge in [-0.2, -0.15) is 0 Å². The quantitative estimate of drug-likeness (QED) is 0.620.